The van der Waals surface area contributed by atoms with Gasteiger partial charge in [0.05, 0.1) is 29.4 Å². The predicted molar refractivity (Wildman–Crippen MR) is 143 cm³/mol. The largest absolute Gasteiger partial charge is 0.491 e. The molecule has 1 heterocycles. The Hall–Kier alpha value is -3.86. The lowest BCUT2D eigenvalue weighted by Crippen LogP contribution is -2.43. The Kier molecular flexibility index (Phi) is 6.17. The Balaban J connectivity index is 1.73. The summed E-state index contributed by atoms with van der Waals surface area (Å²) >= 11 is 0. The van der Waals surface area contributed by atoms with Gasteiger partial charge in [0.2, 0.25) is 0 Å². The molecule has 2 aliphatic rings. The van der Waals surface area contributed by atoms with Crippen LogP contribution >= 0.6 is 0 Å². The standard InChI is InChI=1S/C31H32N2O3/c1-20(2)36-23-16-14-21(15-17-23)29-28-25(18-31(3,4)19-27(28)34)32-24-12-8-9-13-26(24)33(29)30(35)22-10-6-5-7-11-22/h5-18,20,28-29,32H,19H2,1-4H3/t28-,29+/m0/s1. The third-order valence-corrected chi connectivity index (χ3v) is 6.73. The smallest absolute Gasteiger partial charge is 0.258 e. The minimum Gasteiger partial charge on any atom is -0.491 e. The van der Waals surface area contributed by atoms with Crippen LogP contribution in [0.15, 0.2) is 90.6 Å². The van der Waals surface area contributed by atoms with Crippen molar-refractivity contribution in [2.24, 2.45) is 11.3 Å². The highest BCUT2D eigenvalue weighted by Crippen LogP contribution is 2.49. The number of anilines is 2. The molecule has 0 saturated heterocycles. The van der Waals surface area contributed by atoms with Gasteiger partial charge in [-0.1, -0.05) is 62.4 Å². The van der Waals surface area contributed by atoms with E-state index in [0.29, 0.717) is 12.0 Å². The second kappa shape index (κ2) is 9.30. The molecule has 2 atom stereocenters. The number of fused-ring (bicyclic) bond motifs is 2. The number of rotatable bonds is 4. The minimum absolute atomic E-state index is 0.0534. The van der Waals surface area contributed by atoms with E-state index in [1.54, 1.807) is 4.90 Å². The molecule has 0 spiro atoms. The molecule has 3 aromatic rings. The van der Waals surface area contributed by atoms with E-state index < -0.39 is 12.0 Å². The van der Waals surface area contributed by atoms with Crippen molar-refractivity contribution in [3.8, 4) is 5.75 Å². The highest BCUT2D eigenvalue weighted by Gasteiger charge is 2.46. The summed E-state index contributed by atoms with van der Waals surface area (Å²) in [4.78, 5) is 29.8. The number of nitrogens with zero attached hydrogens (tertiary/aromatic N) is 1. The van der Waals surface area contributed by atoms with Crippen LogP contribution in [0.1, 0.15) is 56.1 Å². The monoisotopic (exact) mass is 480 g/mol. The zero-order valence-electron chi connectivity index (χ0n) is 21.2. The van der Waals surface area contributed by atoms with Crippen LogP contribution < -0.4 is 15.0 Å². The van der Waals surface area contributed by atoms with E-state index in [1.807, 2.05) is 92.7 Å². The van der Waals surface area contributed by atoms with E-state index in [0.717, 1.165) is 28.4 Å². The second-order valence-corrected chi connectivity index (χ2v) is 10.6. The molecule has 0 saturated carbocycles. The topological polar surface area (TPSA) is 58.6 Å². The maximum Gasteiger partial charge on any atom is 0.258 e. The predicted octanol–water partition coefficient (Wildman–Crippen LogP) is 6.79. The molecule has 5 heteroatoms. The number of Topliss-reactive ketones (excluding diaryl/α,β-unsaturated/α-hetero) is 1. The third kappa shape index (κ3) is 4.53. The lowest BCUT2D eigenvalue weighted by Gasteiger charge is -2.39. The van der Waals surface area contributed by atoms with Gasteiger partial charge in [-0.15, -0.1) is 0 Å². The SMILES string of the molecule is CC(C)Oc1ccc([C@@H]2[C@@H]3C(=O)CC(C)(C)C=C3Nc3ccccc3N2C(=O)c2ccccc2)cc1. The van der Waals surface area contributed by atoms with Crippen molar-refractivity contribution >= 4 is 23.1 Å². The van der Waals surface area contributed by atoms with E-state index in [2.05, 4.69) is 25.2 Å². The van der Waals surface area contributed by atoms with Crippen molar-refractivity contribution in [2.75, 3.05) is 10.2 Å². The van der Waals surface area contributed by atoms with Crippen molar-refractivity contribution in [1.82, 2.24) is 0 Å². The molecule has 5 rings (SSSR count). The number of amides is 1. The first-order valence-corrected chi connectivity index (χ1v) is 12.5. The number of hydrogen-bond acceptors (Lipinski definition) is 4. The zero-order valence-corrected chi connectivity index (χ0v) is 21.2. The van der Waals surface area contributed by atoms with Crippen molar-refractivity contribution in [1.29, 1.82) is 0 Å². The molecule has 0 unspecified atom stereocenters. The summed E-state index contributed by atoms with van der Waals surface area (Å²) in [7, 11) is 0. The third-order valence-electron chi connectivity index (χ3n) is 6.73. The fraction of sp³-hybridized carbons (Fsp3) is 0.290. The molecule has 0 fully saturated rings. The highest BCUT2D eigenvalue weighted by molar-refractivity contribution is 6.09. The normalized spacial score (nSPS) is 20.5. The van der Waals surface area contributed by atoms with Gasteiger partial charge in [0.25, 0.3) is 5.91 Å². The fourth-order valence-electron chi connectivity index (χ4n) is 5.31. The van der Waals surface area contributed by atoms with Crippen molar-refractivity contribution in [3.05, 3.63) is 102 Å². The van der Waals surface area contributed by atoms with Crippen molar-refractivity contribution in [3.63, 3.8) is 0 Å². The number of carbonyl (C=O) groups is 2. The number of nitrogens with one attached hydrogen (secondary N) is 1. The summed E-state index contributed by atoms with van der Waals surface area (Å²) in [6.07, 6.45) is 2.63. The minimum atomic E-state index is -0.519. The van der Waals surface area contributed by atoms with E-state index >= 15 is 0 Å². The molecule has 184 valence electrons. The van der Waals surface area contributed by atoms with Gasteiger partial charge in [0.1, 0.15) is 11.5 Å². The molecule has 0 radical (unpaired) electrons. The highest BCUT2D eigenvalue weighted by atomic mass is 16.5. The molecular weight excluding hydrogens is 448 g/mol. The lowest BCUT2D eigenvalue weighted by molar-refractivity contribution is -0.124. The van der Waals surface area contributed by atoms with E-state index in [9.17, 15) is 9.59 Å². The first kappa shape index (κ1) is 23.9. The van der Waals surface area contributed by atoms with Crippen LogP contribution in [-0.4, -0.2) is 17.8 Å². The number of allylic oxidation sites excluding steroid dienone is 1. The van der Waals surface area contributed by atoms with Crippen LogP contribution in [0, 0.1) is 11.3 Å². The molecule has 1 aliphatic heterocycles. The van der Waals surface area contributed by atoms with Gasteiger partial charge in [-0.25, -0.2) is 0 Å². The van der Waals surface area contributed by atoms with Crippen LogP contribution in [0.2, 0.25) is 0 Å². The Morgan fingerprint density at radius 3 is 2.33 bits per heavy atom. The summed E-state index contributed by atoms with van der Waals surface area (Å²) in [5, 5.41) is 3.54. The summed E-state index contributed by atoms with van der Waals surface area (Å²) in [5.74, 6) is 0.219. The Bertz CT molecular complexity index is 1310. The van der Waals surface area contributed by atoms with Gasteiger partial charge in [-0.3, -0.25) is 14.5 Å². The first-order chi connectivity index (χ1) is 17.2. The quantitative estimate of drug-likeness (QED) is 0.447. The average molecular weight is 481 g/mol. The van der Waals surface area contributed by atoms with Gasteiger partial charge in [0, 0.05) is 17.7 Å². The summed E-state index contributed by atoms with van der Waals surface area (Å²) in [5.41, 5.74) is 3.60. The molecule has 0 aromatic heterocycles. The van der Waals surface area contributed by atoms with Crippen LogP contribution in [0.5, 0.6) is 5.75 Å². The Morgan fingerprint density at radius 1 is 0.972 bits per heavy atom. The molecular formula is C31H32N2O3. The molecule has 1 amide bonds. The van der Waals surface area contributed by atoms with Gasteiger partial charge < -0.3 is 10.1 Å². The van der Waals surface area contributed by atoms with Gasteiger partial charge in [-0.2, -0.15) is 0 Å². The molecule has 1 N–H and O–H groups in total. The van der Waals surface area contributed by atoms with Crippen LogP contribution in [0.25, 0.3) is 0 Å². The van der Waals surface area contributed by atoms with Gasteiger partial charge >= 0.3 is 0 Å². The van der Waals surface area contributed by atoms with Crippen LogP contribution in [0.4, 0.5) is 11.4 Å². The fourth-order valence-corrected chi connectivity index (χ4v) is 5.31. The van der Waals surface area contributed by atoms with Crippen molar-refractivity contribution in [2.45, 2.75) is 46.3 Å². The zero-order chi connectivity index (χ0) is 25.4. The maximum absolute atomic E-state index is 14.2. The maximum atomic E-state index is 14.2. The molecule has 3 aromatic carbocycles. The Morgan fingerprint density at radius 2 is 1.64 bits per heavy atom. The number of carbonyl (C=O) groups excluding carboxylic acids is 2. The van der Waals surface area contributed by atoms with Gasteiger partial charge in [-0.05, 0) is 61.2 Å². The van der Waals surface area contributed by atoms with Crippen molar-refractivity contribution < 1.29 is 14.3 Å². The van der Waals surface area contributed by atoms with E-state index in [1.165, 1.54) is 0 Å². The number of para-hydroxylation sites is 2. The van der Waals surface area contributed by atoms with E-state index in [4.69, 9.17) is 4.74 Å². The molecule has 1 aliphatic carbocycles. The number of ether oxygens (including phenoxy) is 1. The van der Waals surface area contributed by atoms with Crippen LogP contribution in [-0.2, 0) is 4.79 Å². The summed E-state index contributed by atoms with van der Waals surface area (Å²) in [6.45, 7) is 8.13. The second-order valence-electron chi connectivity index (χ2n) is 10.6. The van der Waals surface area contributed by atoms with E-state index in [-0.39, 0.29) is 23.2 Å². The number of ketones is 1. The number of hydrogen-bond donors (Lipinski definition) is 1. The first-order valence-electron chi connectivity index (χ1n) is 12.5. The molecule has 0 bridgehead atoms. The summed E-state index contributed by atoms with van der Waals surface area (Å²) < 4.78 is 5.86. The molecule has 36 heavy (non-hydrogen) atoms. The number of benzene rings is 3. The summed E-state index contributed by atoms with van der Waals surface area (Å²) in [6, 6.07) is 24.3. The molecule has 5 nitrogen and oxygen atoms in total. The Labute approximate surface area is 212 Å². The lowest BCUT2D eigenvalue weighted by atomic mass is 9.72. The van der Waals surface area contributed by atoms with Crippen LogP contribution in [0.3, 0.4) is 0 Å². The van der Waals surface area contributed by atoms with Gasteiger partial charge in [0.15, 0.2) is 0 Å². The average Bonchev–Trinajstić information content (AvgIpc) is 2.98.